The van der Waals surface area contributed by atoms with Crippen LogP contribution in [0.2, 0.25) is 0 Å². The number of hydrogen-bond donors (Lipinski definition) is 2. The molecule has 17 heavy (non-hydrogen) atoms. The third-order valence-electron chi connectivity index (χ3n) is 3.68. The van der Waals surface area contributed by atoms with Crippen molar-refractivity contribution in [3.8, 4) is 0 Å². The smallest absolute Gasteiger partial charge is 0.123 e. The van der Waals surface area contributed by atoms with E-state index in [0.717, 1.165) is 24.3 Å². The Morgan fingerprint density at radius 2 is 1.94 bits per heavy atom. The zero-order chi connectivity index (χ0) is 12.3. The molecule has 1 aliphatic rings. The standard InChI is InChI=1S/C14H20FNO/c15-13-5-3-12(4-6-13)8-14(9-16,10-17)7-11-1-2-11/h3-6,11,17H,1-2,7-10,16H2. The van der Waals surface area contributed by atoms with Crippen LogP contribution in [0.15, 0.2) is 24.3 Å². The van der Waals surface area contributed by atoms with Gasteiger partial charge in [0.1, 0.15) is 5.82 Å². The molecule has 1 aromatic carbocycles. The Kier molecular flexibility index (Phi) is 3.79. The van der Waals surface area contributed by atoms with E-state index >= 15 is 0 Å². The van der Waals surface area contributed by atoms with Gasteiger partial charge in [-0.3, -0.25) is 0 Å². The number of rotatable bonds is 6. The van der Waals surface area contributed by atoms with E-state index in [2.05, 4.69) is 0 Å². The first-order valence-corrected chi connectivity index (χ1v) is 6.23. The normalized spacial score (nSPS) is 19.0. The second-order valence-electron chi connectivity index (χ2n) is 5.31. The van der Waals surface area contributed by atoms with Crippen LogP contribution in [0.1, 0.15) is 24.8 Å². The molecular formula is C14H20FNO. The SMILES string of the molecule is NCC(CO)(Cc1ccc(F)cc1)CC1CC1. The van der Waals surface area contributed by atoms with Gasteiger partial charge in [0.15, 0.2) is 0 Å². The van der Waals surface area contributed by atoms with Gasteiger partial charge in [-0.2, -0.15) is 0 Å². The van der Waals surface area contributed by atoms with E-state index < -0.39 is 0 Å². The van der Waals surface area contributed by atoms with Crippen molar-refractivity contribution in [2.24, 2.45) is 17.1 Å². The lowest BCUT2D eigenvalue weighted by atomic mass is 9.78. The molecule has 1 fully saturated rings. The molecule has 0 amide bonds. The van der Waals surface area contributed by atoms with Crippen LogP contribution in [0, 0.1) is 17.2 Å². The molecule has 1 aliphatic carbocycles. The average Bonchev–Trinajstić information content (AvgIpc) is 3.15. The minimum atomic E-state index is -0.224. The summed E-state index contributed by atoms with van der Waals surface area (Å²) in [7, 11) is 0. The summed E-state index contributed by atoms with van der Waals surface area (Å²) in [4.78, 5) is 0. The lowest BCUT2D eigenvalue weighted by Gasteiger charge is -2.30. The van der Waals surface area contributed by atoms with Gasteiger partial charge < -0.3 is 10.8 Å². The van der Waals surface area contributed by atoms with E-state index in [1.807, 2.05) is 0 Å². The highest BCUT2D eigenvalue weighted by molar-refractivity contribution is 5.18. The van der Waals surface area contributed by atoms with Crippen molar-refractivity contribution in [3.63, 3.8) is 0 Å². The molecule has 0 radical (unpaired) electrons. The summed E-state index contributed by atoms with van der Waals surface area (Å²) in [6.45, 7) is 0.592. The number of aliphatic hydroxyl groups is 1. The second-order valence-corrected chi connectivity index (χ2v) is 5.31. The molecule has 3 heteroatoms. The summed E-state index contributed by atoms with van der Waals surface area (Å²) in [6, 6.07) is 6.49. The van der Waals surface area contributed by atoms with Crippen LogP contribution < -0.4 is 5.73 Å². The molecule has 1 atom stereocenters. The maximum Gasteiger partial charge on any atom is 0.123 e. The van der Waals surface area contributed by atoms with Gasteiger partial charge in [0.2, 0.25) is 0 Å². The quantitative estimate of drug-likeness (QED) is 0.796. The van der Waals surface area contributed by atoms with Gasteiger partial charge in [-0.25, -0.2) is 4.39 Å². The molecule has 2 nitrogen and oxygen atoms in total. The molecule has 0 aliphatic heterocycles. The number of aliphatic hydroxyl groups excluding tert-OH is 1. The van der Waals surface area contributed by atoms with Gasteiger partial charge in [0.25, 0.3) is 0 Å². The Bertz CT molecular complexity index is 355. The van der Waals surface area contributed by atoms with Crippen LogP contribution in [-0.2, 0) is 6.42 Å². The zero-order valence-corrected chi connectivity index (χ0v) is 10.0. The van der Waals surface area contributed by atoms with Crippen LogP contribution in [-0.4, -0.2) is 18.3 Å². The van der Waals surface area contributed by atoms with Gasteiger partial charge in [-0.15, -0.1) is 0 Å². The van der Waals surface area contributed by atoms with Gasteiger partial charge >= 0.3 is 0 Å². The van der Waals surface area contributed by atoms with E-state index in [0.29, 0.717) is 6.54 Å². The van der Waals surface area contributed by atoms with Gasteiger partial charge in [0.05, 0.1) is 6.61 Å². The minimum absolute atomic E-state index is 0.109. The molecule has 0 spiro atoms. The Balaban J connectivity index is 2.07. The molecule has 0 saturated heterocycles. The number of halogens is 1. The first kappa shape index (κ1) is 12.5. The van der Waals surface area contributed by atoms with Gasteiger partial charge in [-0.05, 0) is 36.5 Å². The highest BCUT2D eigenvalue weighted by Crippen LogP contribution is 2.41. The topological polar surface area (TPSA) is 46.2 Å². The van der Waals surface area contributed by atoms with Crippen LogP contribution in [0.3, 0.4) is 0 Å². The van der Waals surface area contributed by atoms with Crippen molar-refractivity contribution in [3.05, 3.63) is 35.6 Å². The molecule has 0 aromatic heterocycles. The number of hydrogen-bond acceptors (Lipinski definition) is 2. The van der Waals surface area contributed by atoms with Gasteiger partial charge in [-0.1, -0.05) is 25.0 Å². The highest BCUT2D eigenvalue weighted by Gasteiger charge is 2.35. The van der Waals surface area contributed by atoms with Crippen molar-refractivity contribution >= 4 is 0 Å². The Labute approximate surface area is 102 Å². The molecule has 1 saturated carbocycles. The monoisotopic (exact) mass is 237 g/mol. The third kappa shape index (κ3) is 3.27. The fraction of sp³-hybridized carbons (Fsp3) is 0.571. The number of benzene rings is 1. The molecule has 94 valence electrons. The van der Waals surface area contributed by atoms with E-state index in [9.17, 15) is 9.50 Å². The summed E-state index contributed by atoms with van der Waals surface area (Å²) in [6.07, 6.45) is 4.23. The highest BCUT2D eigenvalue weighted by atomic mass is 19.1. The van der Waals surface area contributed by atoms with Crippen LogP contribution in [0.4, 0.5) is 4.39 Å². The molecule has 1 unspecified atom stereocenters. The van der Waals surface area contributed by atoms with E-state index in [1.165, 1.54) is 25.0 Å². The average molecular weight is 237 g/mol. The third-order valence-corrected chi connectivity index (χ3v) is 3.68. The predicted octanol–water partition coefficient (Wildman–Crippen LogP) is 2.11. The van der Waals surface area contributed by atoms with Gasteiger partial charge in [0, 0.05) is 12.0 Å². The largest absolute Gasteiger partial charge is 0.396 e. The van der Waals surface area contributed by atoms with E-state index in [-0.39, 0.29) is 17.8 Å². The summed E-state index contributed by atoms with van der Waals surface area (Å²) in [5.41, 5.74) is 6.66. The summed E-state index contributed by atoms with van der Waals surface area (Å²) < 4.78 is 12.8. The predicted molar refractivity (Wildman–Crippen MR) is 66.0 cm³/mol. The van der Waals surface area contributed by atoms with E-state index in [1.54, 1.807) is 12.1 Å². The van der Waals surface area contributed by atoms with Crippen LogP contribution in [0.25, 0.3) is 0 Å². The molecule has 3 N–H and O–H groups in total. The fourth-order valence-corrected chi connectivity index (χ4v) is 2.38. The Morgan fingerprint density at radius 3 is 2.41 bits per heavy atom. The van der Waals surface area contributed by atoms with Crippen molar-refractivity contribution in [2.45, 2.75) is 25.7 Å². The van der Waals surface area contributed by atoms with Crippen molar-refractivity contribution in [2.75, 3.05) is 13.2 Å². The Hall–Kier alpha value is -0.930. The lowest BCUT2D eigenvalue weighted by molar-refractivity contribution is 0.115. The van der Waals surface area contributed by atoms with E-state index in [4.69, 9.17) is 5.73 Å². The van der Waals surface area contributed by atoms with Crippen molar-refractivity contribution in [1.29, 1.82) is 0 Å². The molecule has 0 heterocycles. The zero-order valence-electron chi connectivity index (χ0n) is 10.0. The van der Waals surface area contributed by atoms with Crippen LogP contribution >= 0.6 is 0 Å². The van der Waals surface area contributed by atoms with Crippen molar-refractivity contribution < 1.29 is 9.50 Å². The maximum atomic E-state index is 12.8. The number of nitrogens with two attached hydrogens (primary N) is 1. The second kappa shape index (κ2) is 5.15. The fourth-order valence-electron chi connectivity index (χ4n) is 2.38. The first-order chi connectivity index (χ1) is 8.17. The first-order valence-electron chi connectivity index (χ1n) is 6.23. The minimum Gasteiger partial charge on any atom is -0.396 e. The molecular weight excluding hydrogens is 217 g/mol. The summed E-state index contributed by atoms with van der Waals surface area (Å²) >= 11 is 0. The summed E-state index contributed by atoms with van der Waals surface area (Å²) in [5, 5.41) is 9.62. The lowest BCUT2D eigenvalue weighted by Crippen LogP contribution is -2.37. The van der Waals surface area contributed by atoms with Crippen LogP contribution in [0.5, 0.6) is 0 Å². The summed E-state index contributed by atoms with van der Waals surface area (Å²) in [5.74, 6) is 0.504. The molecule has 0 bridgehead atoms. The maximum absolute atomic E-state index is 12.8. The molecule has 1 aromatic rings. The molecule has 2 rings (SSSR count). The van der Waals surface area contributed by atoms with Crippen molar-refractivity contribution in [1.82, 2.24) is 0 Å². The Morgan fingerprint density at radius 1 is 1.29 bits per heavy atom.